The van der Waals surface area contributed by atoms with E-state index in [2.05, 4.69) is 176 Å². The molecule has 0 N–H and O–H groups in total. The predicted octanol–water partition coefficient (Wildman–Crippen LogP) is 13.3. The maximum absolute atomic E-state index is 5.19. The number of hydrogen-bond acceptors (Lipinski definition) is 3. The summed E-state index contributed by atoms with van der Waals surface area (Å²) >= 11 is 0. The summed E-state index contributed by atoms with van der Waals surface area (Å²) in [5, 5.41) is 6.07. The molecule has 0 fully saturated rings. The van der Waals surface area contributed by atoms with Gasteiger partial charge in [0.1, 0.15) is 0 Å². The van der Waals surface area contributed by atoms with Crippen LogP contribution in [0.4, 0.5) is 0 Å². The van der Waals surface area contributed by atoms with Crippen molar-refractivity contribution in [3.63, 3.8) is 0 Å². The van der Waals surface area contributed by atoms with Crippen LogP contribution in [-0.4, -0.2) is 15.0 Å². The molecule has 2 aromatic heterocycles. The van der Waals surface area contributed by atoms with E-state index < -0.39 is 0 Å². The molecule has 0 aliphatic carbocycles. The standard InChI is InChI=1S/C51H33N3/c1-3-12-34(13-4-1)41-17-11-18-42(32-41)48-33-47(53-51(54-48)40-15-5-2-6-16-40)38-26-22-35(23-27-38)36-24-28-39(29-25-36)50-45-31-30-37-14-7-8-19-43(37)49(45)44-20-9-10-21-46(44)52-50/h1-33H. The quantitative estimate of drug-likeness (QED) is 0.163. The number of hydrogen-bond donors (Lipinski definition) is 0. The molecule has 0 atom stereocenters. The Kier molecular flexibility index (Phi) is 7.81. The van der Waals surface area contributed by atoms with Crippen molar-refractivity contribution in [1.29, 1.82) is 0 Å². The van der Waals surface area contributed by atoms with E-state index in [9.17, 15) is 0 Å². The highest BCUT2D eigenvalue weighted by Crippen LogP contribution is 2.38. The molecule has 54 heavy (non-hydrogen) atoms. The van der Waals surface area contributed by atoms with Gasteiger partial charge in [-0.15, -0.1) is 0 Å². The monoisotopic (exact) mass is 687 g/mol. The third-order valence-corrected chi connectivity index (χ3v) is 10.3. The Morgan fingerprint density at radius 1 is 0.278 bits per heavy atom. The zero-order valence-corrected chi connectivity index (χ0v) is 29.4. The third-order valence-electron chi connectivity index (χ3n) is 10.3. The molecule has 0 saturated heterocycles. The van der Waals surface area contributed by atoms with Gasteiger partial charge in [-0.05, 0) is 51.2 Å². The summed E-state index contributed by atoms with van der Waals surface area (Å²) in [6, 6.07) is 70.3. The number of nitrogens with zero attached hydrogens (tertiary/aromatic N) is 3. The molecule has 0 aliphatic heterocycles. The maximum Gasteiger partial charge on any atom is 0.160 e. The molecule has 0 bridgehead atoms. The molecule has 10 aromatic rings. The van der Waals surface area contributed by atoms with Gasteiger partial charge in [0.05, 0.1) is 22.6 Å². The van der Waals surface area contributed by atoms with Gasteiger partial charge in [-0.3, -0.25) is 0 Å². The molecule has 3 nitrogen and oxygen atoms in total. The normalized spacial score (nSPS) is 11.3. The summed E-state index contributed by atoms with van der Waals surface area (Å²) in [7, 11) is 0. The summed E-state index contributed by atoms with van der Waals surface area (Å²) in [4.78, 5) is 15.3. The van der Waals surface area contributed by atoms with Gasteiger partial charge in [0, 0.05) is 38.4 Å². The van der Waals surface area contributed by atoms with Crippen molar-refractivity contribution in [3.05, 3.63) is 200 Å². The van der Waals surface area contributed by atoms with Gasteiger partial charge in [-0.25, -0.2) is 15.0 Å². The van der Waals surface area contributed by atoms with Crippen LogP contribution in [0.2, 0.25) is 0 Å². The molecular formula is C51H33N3. The van der Waals surface area contributed by atoms with E-state index in [0.717, 1.165) is 66.9 Å². The van der Waals surface area contributed by atoms with Crippen LogP contribution in [0.15, 0.2) is 200 Å². The Morgan fingerprint density at radius 2 is 0.815 bits per heavy atom. The summed E-state index contributed by atoms with van der Waals surface area (Å²) in [6.45, 7) is 0. The molecule has 0 radical (unpaired) electrons. The molecule has 0 saturated carbocycles. The number of aromatic nitrogens is 3. The Balaban J connectivity index is 1.01. The van der Waals surface area contributed by atoms with E-state index in [1.807, 2.05) is 24.3 Å². The van der Waals surface area contributed by atoms with E-state index >= 15 is 0 Å². The molecule has 0 amide bonds. The van der Waals surface area contributed by atoms with Gasteiger partial charge < -0.3 is 0 Å². The van der Waals surface area contributed by atoms with Crippen molar-refractivity contribution in [2.24, 2.45) is 0 Å². The van der Waals surface area contributed by atoms with Crippen LogP contribution in [-0.2, 0) is 0 Å². The number of pyridine rings is 1. The zero-order valence-electron chi connectivity index (χ0n) is 29.4. The summed E-state index contributed by atoms with van der Waals surface area (Å²) in [5.41, 5.74) is 12.6. The maximum atomic E-state index is 5.19. The summed E-state index contributed by atoms with van der Waals surface area (Å²) in [5.74, 6) is 0.704. The molecule has 8 aromatic carbocycles. The van der Waals surface area contributed by atoms with Gasteiger partial charge in [0.25, 0.3) is 0 Å². The highest BCUT2D eigenvalue weighted by atomic mass is 14.9. The summed E-state index contributed by atoms with van der Waals surface area (Å²) in [6.07, 6.45) is 0. The SMILES string of the molecule is c1ccc(-c2cccc(-c3cc(-c4ccc(-c5ccc(-c6nc7ccccc7c7c6ccc6ccccc67)cc5)cc4)nc(-c4ccccc4)n3)c2)cc1. The van der Waals surface area contributed by atoms with Crippen molar-refractivity contribution >= 4 is 32.4 Å². The second kappa shape index (κ2) is 13.4. The van der Waals surface area contributed by atoms with Crippen molar-refractivity contribution in [2.75, 3.05) is 0 Å². The smallest absolute Gasteiger partial charge is 0.160 e. The fourth-order valence-corrected chi connectivity index (χ4v) is 7.54. The van der Waals surface area contributed by atoms with Gasteiger partial charge >= 0.3 is 0 Å². The Bertz CT molecular complexity index is 2940. The van der Waals surface area contributed by atoms with Crippen molar-refractivity contribution in [1.82, 2.24) is 15.0 Å². The molecule has 252 valence electrons. The fraction of sp³-hybridized carbons (Fsp3) is 0. The second-order valence-corrected chi connectivity index (χ2v) is 13.6. The average molecular weight is 688 g/mol. The molecule has 10 rings (SSSR count). The van der Waals surface area contributed by atoms with E-state index in [4.69, 9.17) is 15.0 Å². The highest BCUT2D eigenvalue weighted by Gasteiger charge is 2.15. The van der Waals surface area contributed by atoms with Gasteiger partial charge in [0.15, 0.2) is 5.82 Å². The van der Waals surface area contributed by atoms with Crippen LogP contribution in [0.1, 0.15) is 0 Å². The number of rotatable bonds is 6. The first-order chi connectivity index (χ1) is 26.7. The average Bonchev–Trinajstić information content (AvgIpc) is 3.26. The van der Waals surface area contributed by atoms with E-state index in [-0.39, 0.29) is 0 Å². The van der Waals surface area contributed by atoms with E-state index in [1.54, 1.807) is 0 Å². The first-order valence-corrected chi connectivity index (χ1v) is 18.3. The summed E-state index contributed by atoms with van der Waals surface area (Å²) < 4.78 is 0. The minimum absolute atomic E-state index is 0.704. The van der Waals surface area contributed by atoms with Crippen molar-refractivity contribution in [3.8, 4) is 67.4 Å². The minimum Gasteiger partial charge on any atom is -0.247 e. The topological polar surface area (TPSA) is 38.7 Å². The third kappa shape index (κ3) is 5.78. The number of para-hydroxylation sites is 1. The molecule has 0 unspecified atom stereocenters. The van der Waals surface area contributed by atoms with E-state index in [1.165, 1.54) is 27.1 Å². The number of benzene rings is 8. The minimum atomic E-state index is 0.704. The number of fused-ring (bicyclic) bond motifs is 5. The molecule has 0 spiro atoms. The van der Waals surface area contributed by atoms with Crippen molar-refractivity contribution < 1.29 is 0 Å². The van der Waals surface area contributed by atoms with Crippen LogP contribution >= 0.6 is 0 Å². The van der Waals surface area contributed by atoms with Gasteiger partial charge in [0.2, 0.25) is 0 Å². The lowest BCUT2D eigenvalue weighted by atomic mass is 9.94. The predicted molar refractivity (Wildman–Crippen MR) is 225 cm³/mol. The first-order valence-electron chi connectivity index (χ1n) is 18.3. The molecule has 2 heterocycles. The fourth-order valence-electron chi connectivity index (χ4n) is 7.54. The van der Waals surface area contributed by atoms with Crippen LogP contribution in [0, 0.1) is 0 Å². The van der Waals surface area contributed by atoms with Gasteiger partial charge in [-0.1, -0.05) is 182 Å². The lowest BCUT2D eigenvalue weighted by molar-refractivity contribution is 1.18. The molecule has 0 aliphatic rings. The largest absolute Gasteiger partial charge is 0.247 e. The first kappa shape index (κ1) is 31.5. The van der Waals surface area contributed by atoms with Crippen molar-refractivity contribution in [2.45, 2.75) is 0 Å². The van der Waals surface area contributed by atoms with Gasteiger partial charge in [-0.2, -0.15) is 0 Å². The molecule has 3 heteroatoms. The zero-order chi connectivity index (χ0) is 35.8. The lowest BCUT2D eigenvalue weighted by Gasteiger charge is -2.13. The van der Waals surface area contributed by atoms with Crippen LogP contribution in [0.25, 0.3) is 99.9 Å². The van der Waals surface area contributed by atoms with E-state index in [0.29, 0.717) is 5.82 Å². The lowest BCUT2D eigenvalue weighted by Crippen LogP contribution is -1.96. The Labute approximate surface area is 313 Å². The van der Waals surface area contributed by atoms with Crippen LogP contribution in [0.5, 0.6) is 0 Å². The molecular weight excluding hydrogens is 655 g/mol. The second-order valence-electron chi connectivity index (χ2n) is 13.6. The van der Waals surface area contributed by atoms with Crippen LogP contribution in [0.3, 0.4) is 0 Å². The highest BCUT2D eigenvalue weighted by molar-refractivity contribution is 6.22. The Hall–Kier alpha value is -7.23. The Morgan fingerprint density at radius 3 is 1.56 bits per heavy atom. The van der Waals surface area contributed by atoms with Crippen LogP contribution < -0.4 is 0 Å².